The van der Waals surface area contributed by atoms with Gasteiger partial charge in [-0.2, -0.15) is 0 Å². The van der Waals surface area contributed by atoms with Crippen molar-refractivity contribution in [3.05, 3.63) is 24.0 Å². The molecular formula is C13H20N2O. The Bertz CT molecular complexity index is 334. The van der Waals surface area contributed by atoms with Gasteiger partial charge in [-0.3, -0.25) is 4.98 Å². The van der Waals surface area contributed by atoms with Crippen molar-refractivity contribution in [1.82, 2.24) is 4.98 Å². The van der Waals surface area contributed by atoms with Crippen LogP contribution in [0.15, 0.2) is 18.3 Å². The highest BCUT2D eigenvalue weighted by molar-refractivity contribution is 5.47. The number of hydrogen-bond donors (Lipinski definition) is 1. The van der Waals surface area contributed by atoms with Crippen LogP contribution in [0.2, 0.25) is 0 Å². The zero-order valence-corrected chi connectivity index (χ0v) is 9.89. The van der Waals surface area contributed by atoms with Crippen molar-refractivity contribution in [3.8, 4) is 0 Å². The minimum Gasteiger partial charge on any atom is -0.390 e. The molecule has 3 nitrogen and oxygen atoms in total. The Kier molecular flexibility index (Phi) is 3.78. The molecule has 1 aromatic rings. The van der Waals surface area contributed by atoms with E-state index in [-0.39, 0.29) is 6.61 Å². The fourth-order valence-electron chi connectivity index (χ4n) is 2.60. The first-order valence-corrected chi connectivity index (χ1v) is 6.17. The second-order valence-electron chi connectivity index (χ2n) is 4.39. The third-order valence-corrected chi connectivity index (χ3v) is 3.40. The monoisotopic (exact) mass is 220 g/mol. The highest BCUT2D eigenvalue weighted by atomic mass is 16.3. The van der Waals surface area contributed by atoms with E-state index in [4.69, 9.17) is 5.11 Å². The Morgan fingerprint density at radius 3 is 2.81 bits per heavy atom. The van der Waals surface area contributed by atoms with Crippen molar-refractivity contribution in [3.63, 3.8) is 0 Å². The summed E-state index contributed by atoms with van der Waals surface area (Å²) in [6.45, 7) is 3.24. The summed E-state index contributed by atoms with van der Waals surface area (Å²) in [7, 11) is 0. The predicted molar refractivity (Wildman–Crippen MR) is 65.4 cm³/mol. The van der Waals surface area contributed by atoms with Gasteiger partial charge in [0.25, 0.3) is 0 Å². The minimum atomic E-state index is 0.0239. The van der Waals surface area contributed by atoms with Gasteiger partial charge in [0.15, 0.2) is 0 Å². The fraction of sp³-hybridized carbons (Fsp3) is 0.615. The Labute approximate surface area is 97.1 Å². The number of hydrogen-bond acceptors (Lipinski definition) is 3. The third kappa shape index (κ3) is 2.35. The average molecular weight is 220 g/mol. The lowest BCUT2D eigenvalue weighted by Gasteiger charge is -2.30. The second kappa shape index (κ2) is 5.30. The number of aliphatic hydroxyl groups is 1. The van der Waals surface area contributed by atoms with Gasteiger partial charge in [0.2, 0.25) is 0 Å². The first kappa shape index (κ1) is 11.4. The van der Waals surface area contributed by atoms with E-state index >= 15 is 0 Å². The van der Waals surface area contributed by atoms with Crippen LogP contribution in [0.4, 0.5) is 5.69 Å². The summed E-state index contributed by atoms with van der Waals surface area (Å²) in [5, 5.41) is 9.10. The van der Waals surface area contributed by atoms with Crippen LogP contribution < -0.4 is 4.90 Å². The lowest BCUT2D eigenvalue weighted by atomic mass is 10.2. The van der Waals surface area contributed by atoms with Gasteiger partial charge >= 0.3 is 0 Å². The van der Waals surface area contributed by atoms with Crippen molar-refractivity contribution in [2.24, 2.45) is 0 Å². The van der Waals surface area contributed by atoms with Gasteiger partial charge in [0.1, 0.15) is 0 Å². The Morgan fingerprint density at radius 2 is 2.19 bits per heavy atom. The van der Waals surface area contributed by atoms with Crippen molar-refractivity contribution < 1.29 is 5.11 Å². The molecule has 0 saturated heterocycles. The predicted octanol–water partition coefficient (Wildman–Crippen LogP) is 2.34. The molecule has 0 bridgehead atoms. The van der Waals surface area contributed by atoms with Crippen LogP contribution in [0.25, 0.3) is 0 Å². The van der Waals surface area contributed by atoms with Crippen LogP contribution in [-0.4, -0.2) is 22.7 Å². The maximum atomic E-state index is 9.10. The van der Waals surface area contributed by atoms with E-state index < -0.39 is 0 Å². The van der Waals surface area contributed by atoms with E-state index in [1.54, 1.807) is 6.20 Å². The maximum absolute atomic E-state index is 9.10. The third-order valence-electron chi connectivity index (χ3n) is 3.40. The molecule has 1 N–H and O–H groups in total. The van der Waals surface area contributed by atoms with Crippen molar-refractivity contribution in [2.75, 3.05) is 11.4 Å². The van der Waals surface area contributed by atoms with Gasteiger partial charge in [-0.25, -0.2) is 0 Å². The number of aromatic nitrogens is 1. The molecule has 1 aliphatic rings. The molecule has 0 atom stereocenters. The van der Waals surface area contributed by atoms with Crippen LogP contribution in [0.3, 0.4) is 0 Å². The molecule has 3 heteroatoms. The van der Waals surface area contributed by atoms with Gasteiger partial charge in [0.05, 0.1) is 12.3 Å². The summed E-state index contributed by atoms with van der Waals surface area (Å²) in [5.74, 6) is 0. The summed E-state index contributed by atoms with van der Waals surface area (Å²) in [4.78, 5) is 6.56. The molecule has 1 aliphatic carbocycles. The van der Waals surface area contributed by atoms with E-state index in [1.165, 1.54) is 31.4 Å². The molecular weight excluding hydrogens is 200 g/mol. The lowest BCUT2D eigenvalue weighted by Crippen LogP contribution is -2.33. The average Bonchev–Trinajstić information content (AvgIpc) is 2.84. The van der Waals surface area contributed by atoms with Crippen molar-refractivity contribution in [1.29, 1.82) is 0 Å². The molecule has 1 saturated carbocycles. The van der Waals surface area contributed by atoms with Gasteiger partial charge < -0.3 is 10.0 Å². The van der Waals surface area contributed by atoms with E-state index in [0.717, 1.165) is 12.2 Å². The van der Waals surface area contributed by atoms with E-state index in [2.05, 4.69) is 16.8 Å². The molecule has 0 aromatic carbocycles. The molecule has 2 rings (SSSR count). The van der Waals surface area contributed by atoms with Crippen LogP contribution in [-0.2, 0) is 6.61 Å². The van der Waals surface area contributed by atoms with Crippen LogP contribution in [0.5, 0.6) is 0 Å². The maximum Gasteiger partial charge on any atom is 0.0853 e. The lowest BCUT2D eigenvalue weighted by molar-refractivity contribution is 0.277. The van der Waals surface area contributed by atoms with Crippen LogP contribution >= 0.6 is 0 Å². The molecule has 88 valence electrons. The smallest absolute Gasteiger partial charge is 0.0853 e. The zero-order valence-electron chi connectivity index (χ0n) is 9.89. The van der Waals surface area contributed by atoms with Gasteiger partial charge in [-0.15, -0.1) is 0 Å². The van der Waals surface area contributed by atoms with E-state index in [9.17, 15) is 0 Å². The van der Waals surface area contributed by atoms with Gasteiger partial charge in [-0.05, 0) is 31.9 Å². The molecule has 0 spiro atoms. The quantitative estimate of drug-likeness (QED) is 0.846. The Hall–Kier alpha value is -1.09. The molecule has 0 radical (unpaired) electrons. The molecule has 0 aliphatic heterocycles. The topological polar surface area (TPSA) is 36.4 Å². The molecule has 0 amide bonds. The highest BCUT2D eigenvalue weighted by Gasteiger charge is 2.21. The van der Waals surface area contributed by atoms with Crippen molar-refractivity contribution in [2.45, 2.75) is 45.3 Å². The first-order chi connectivity index (χ1) is 7.85. The molecule has 16 heavy (non-hydrogen) atoms. The summed E-state index contributed by atoms with van der Waals surface area (Å²) < 4.78 is 0. The molecule has 1 heterocycles. The summed E-state index contributed by atoms with van der Waals surface area (Å²) >= 11 is 0. The van der Waals surface area contributed by atoms with Crippen LogP contribution in [0.1, 0.15) is 38.3 Å². The number of anilines is 1. The van der Waals surface area contributed by atoms with Gasteiger partial charge in [0, 0.05) is 24.5 Å². The largest absolute Gasteiger partial charge is 0.390 e. The molecule has 0 unspecified atom stereocenters. The number of rotatable bonds is 4. The first-order valence-electron chi connectivity index (χ1n) is 6.17. The fourth-order valence-corrected chi connectivity index (χ4v) is 2.60. The summed E-state index contributed by atoms with van der Waals surface area (Å²) in [5.41, 5.74) is 1.96. The number of nitrogens with zero attached hydrogens (tertiary/aromatic N) is 2. The molecule has 1 fully saturated rings. The zero-order chi connectivity index (χ0) is 11.4. The Balaban J connectivity index is 2.18. The SMILES string of the molecule is CCN(c1ccnc(CO)c1)C1CCCC1. The Morgan fingerprint density at radius 1 is 1.44 bits per heavy atom. The van der Waals surface area contributed by atoms with E-state index in [1.807, 2.05) is 12.1 Å². The summed E-state index contributed by atoms with van der Waals surface area (Å²) in [6, 6.07) is 4.72. The minimum absolute atomic E-state index is 0.0239. The number of aliphatic hydroxyl groups excluding tert-OH is 1. The standard InChI is InChI=1S/C13H20N2O/c1-2-15(12-5-3-4-6-12)13-7-8-14-11(9-13)10-16/h7-9,12,16H,2-6,10H2,1H3. The highest BCUT2D eigenvalue weighted by Crippen LogP contribution is 2.28. The van der Waals surface area contributed by atoms with Gasteiger partial charge in [-0.1, -0.05) is 12.8 Å². The summed E-state index contributed by atoms with van der Waals surface area (Å²) in [6.07, 6.45) is 7.08. The normalized spacial score (nSPS) is 16.6. The molecule has 1 aromatic heterocycles. The van der Waals surface area contributed by atoms with Crippen molar-refractivity contribution >= 4 is 5.69 Å². The van der Waals surface area contributed by atoms with E-state index in [0.29, 0.717) is 6.04 Å². The van der Waals surface area contributed by atoms with Crippen LogP contribution in [0, 0.1) is 0 Å². The number of pyridine rings is 1. The second-order valence-corrected chi connectivity index (χ2v) is 4.39.